The molecular formula is C12H17N3O3S. The van der Waals surface area contributed by atoms with Crippen molar-refractivity contribution in [2.24, 2.45) is 0 Å². The van der Waals surface area contributed by atoms with Crippen LogP contribution in [0.25, 0.3) is 0 Å². The van der Waals surface area contributed by atoms with Crippen LogP contribution in [0.15, 0.2) is 23.1 Å². The first kappa shape index (κ1) is 13.8. The van der Waals surface area contributed by atoms with E-state index >= 15 is 0 Å². The minimum atomic E-state index is -3.59. The minimum Gasteiger partial charge on any atom is -0.399 e. The Labute approximate surface area is 112 Å². The summed E-state index contributed by atoms with van der Waals surface area (Å²) in [5.74, 6) is -0.124. The van der Waals surface area contributed by atoms with E-state index in [0.717, 1.165) is 5.56 Å². The van der Waals surface area contributed by atoms with Crippen molar-refractivity contribution in [1.29, 1.82) is 0 Å². The molecule has 19 heavy (non-hydrogen) atoms. The summed E-state index contributed by atoms with van der Waals surface area (Å²) in [5.41, 5.74) is 6.90. The summed E-state index contributed by atoms with van der Waals surface area (Å²) >= 11 is 0. The van der Waals surface area contributed by atoms with E-state index in [1.165, 1.54) is 10.4 Å². The number of carbonyl (C=O) groups is 1. The zero-order chi connectivity index (χ0) is 14.0. The van der Waals surface area contributed by atoms with E-state index in [-0.39, 0.29) is 30.3 Å². The molecule has 1 heterocycles. The second-order valence-corrected chi connectivity index (χ2v) is 6.52. The van der Waals surface area contributed by atoms with Crippen LogP contribution < -0.4 is 11.1 Å². The van der Waals surface area contributed by atoms with Crippen molar-refractivity contribution in [3.8, 4) is 0 Å². The maximum atomic E-state index is 12.5. The van der Waals surface area contributed by atoms with E-state index in [2.05, 4.69) is 5.32 Å². The van der Waals surface area contributed by atoms with E-state index in [0.29, 0.717) is 12.2 Å². The van der Waals surface area contributed by atoms with Crippen molar-refractivity contribution in [2.45, 2.75) is 18.2 Å². The van der Waals surface area contributed by atoms with Crippen LogP contribution in [-0.2, 0) is 14.8 Å². The average Bonchev–Trinajstić information content (AvgIpc) is 2.53. The molecule has 0 aromatic heterocycles. The van der Waals surface area contributed by atoms with Gasteiger partial charge < -0.3 is 11.1 Å². The molecule has 2 rings (SSSR count). The Morgan fingerprint density at radius 3 is 2.68 bits per heavy atom. The van der Waals surface area contributed by atoms with Crippen LogP contribution in [0.3, 0.4) is 0 Å². The van der Waals surface area contributed by atoms with Gasteiger partial charge in [-0.25, -0.2) is 8.42 Å². The molecule has 6 nitrogen and oxygen atoms in total. The lowest BCUT2D eigenvalue weighted by Gasteiger charge is -2.19. The molecule has 0 aliphatic carbocycles. The first-order valence-electron chi connectivity index (χ1n) is 6.03. The minimum absolute atomic E-state index is 0.124. The molecule has 0 atom stereocenters. The van der Waals surface area contributed by atoms with Crippen LogP contribution in [0, 0.1) is 6.92 Å². The van der Waals surface area contributed by atoms with Gasteiger partial charge in [0.25, 0.3) is 0 Å². The van der Waals surface area contributed by atoms with E-state index in [1.807, 2.05) is 0 Å². The average molecular weight is 283 g/mol. The molecule has 1 aliphatic rings. The third-order valence-electron chi connectivity index (χ3n) is 2.98. The molecule has 1 saturated heterocycles. The summed E-state index contributed by atoms with van der Waals surface area (Å²) in [5, 5.41) is 2.65. The highest BCUT2D eigenvalue weighted by Gasteiger charge is 2.27. The van der Waals surface area contributed by atoms with Gasteiger partial charge >= 0.3 is 0 Å². The lowest BCUT2D eigenvalue weighted by Crippen LogP contribution is -2.34. The quantitative estimate of drug-likeness (QED) is 0.752. The van der Waals surface area contributed by atoms with Crippen LogP contribution in [0.4, 0.5) is 5.69 Å². The van der Waals surface area contributed by atoms with Gasteiger partial charge in [0.05, 0.1) is 4.90 Å². The van der Waals surface area contributed by atoms with E-state index in [9.17, 15) is 13.2 Å². The van der Waals surface area contributed by atoms with Gasteiger partial charge in [0.1, 0.15) is 0 Å². The monoisotopic (exact) mass is 283 g/mol. The summed E-state index contributed by atoms with van der Waals surface area (Å²) in [6.07, 6.45) is 0.181. The molecule has 0 bridgehead atoms. The number of nitrogens with one attached hydrogen (secondary N) is 1. The zero-order valence-corrected chi connectivity index (χ0v) is 11.5. The largest absolute Gasteiger partial charge is 0.399 e. The fourth-order valence-electron chi connectivity index (χ4n) is 2.06. The Kier molecular flexibility index (Phi) is 3.77. The molecule has 1 fully saturated rings. The Morgan fingerprint density at radius 1 is 1.26 bits per heavy atom. The van der Waals surface area contributed by atoms with Crippen molar-refractivity contribution in [3.05, 3.63) is 23.8 Å². The zero-order valence-electron chi connectivity index (χ0n) is 10.7. The highest BCUT2D eigenvalue weighted by Crippen LogP contribution is 2.20. The highest BCUT2D eigenvalue weighted by molar-refractivity contribution is 7.89. The van der Waals surface area contributed by atoms with Crippen molar-refractivity contribution >= 4 is 21.6 Å². The second kappa shape index (κ2) is 5.18. The first-order valence-corrected chi connectivity index (χ1v) is 7.47. The van der Waals surface area contributed by atoms with E-state index in [4.69, 9.17) is 5.73 Å². The molecule has 0 radical (unpaired) electrons. The summed E-state index contributed by atoms with van der Waals surface area (Å²) in [7, 11) is -3.59. The topological polar surface area (TPSA) is 92.5 Å². The fraction of sp³-hybridized carbons (Fsp3) is 0.417. The normalized spacial score (nSPS) is 17.8. The number of carbonyl (C=O) groups excluding carboxylic acids is 1. The second-order valence-electron chi connectivity index (χ2n) is 4.58. The number of anilines is 1. The molecule has 7 heteroatoms. The molecule has 1 amide bonds. The predicted molar refractivity (Wildman–Crippen MR) is 72.0 cm³/mol. The molecule has 0 spiro atoms. The number of aryl methyl sites for hydroxylation is 1. The molecule has 1 aromatic carbocycles. The Hall–Kier alpha value is -1.60. The van der Waals surface area contributed by atoms with Crippen LogP contribution >= 0.6 is 0 Å². The standard InChI is InChI=1S/C12H17N3O3S/c1-9-6-10(13)8-11(7-9)19(17,18)15-4-2-12(16)14-3-5-15/h6-8H,2-5,13H2,1H3,(H,14,16). The van der Waals surface area contributed by atoms with Crippen molar-refractivity contribution < 1.29 is 13.2 Å². The molecule has 3 N–H and O–H groups in total. The Bertz CT molecular complexity index is 578. The third kappa shape index (κ3) is 3.05. The molecule has 0 unspecified atom stereocenters. The molecular weight excluding hydrogens is 266 g/mol. The van der Waals surface area contributed by atoms with Crippen LogP contribution in [0.2, 0.25) is 0 Å². The SMILES string of the molecule is Cc1cc(N)cc(S(=O)(=O)N2CCNC(=O)CC2)c1. The fourth-order valence-corrected chi connectivity index (χ4v) is 3.64. The van der Waals surface area contributed by atoms with Gasteiger partial charge in [-0.15, -0.1) is 0 Å². The Balaban J connectivity index is 2.33. The summed E-state index contributed by atoms with van der Waals surface area (Å²) in [4.78, 5) is 11.4. The summed E-state index contributed by atoms with van der Waals surface area (Å²) < 4.78 is 26.3. The van der Waals surface area contributed by atoms with Gasteiger partial charge in [-0.05, 0) is 30.7 Å². The predicted octanol–water partition coefficient (Wildman–Crippen LogP) is 0.0878. The van der Waals surface area contributed by atoms with Crippen molar-refractivity contribution in [3.63, 3.8) is 0 Å². The maximum absolute atomic E-state index is 12.5. The maximum Gasteiger partial charge on any atom is 0.243 e. The van der Waals surface area contributed by atoms with Gasteiger partial charge in [0.15, 0.2) is 0 Å². The number of nitrogens with zero attached hydrogens (tertiary/aromatic N) is 1. The lowest BCUT2D eigenvalue weighted by atomic mass is 10.2. The van der Waals surface area contributed by atoms with Crippen LogP contribution in [0.1, 0.15) is 12.0 Å². The number of amides is 1. The van der Waals surface area contributed by atoms with Gasteiger partial charge in [-0.1, -0.05) is 0 Å². The number of nitrogen functional groups attached to an aromatic ring is 1. The highest BCUT2D eigenvalue weighted by atomic mass is 32.2. The van der Waals surface area contributed by atoms with Crippen LogP contribution in [-0.4, -0.2) is 38.3 Å². The Morgan fingerprint density at radius 2 is 2.00 bits per heavy atom. The molecule has 104 valence electrons. The molecule has 1 aliphatic heterocycles. The summed E-state index contributed by atoms with van der Waals surface area (Å²) in [6, 6.07) is 4.75. The first-order chi connectivity index (χ1) is 8.89. The van der Waals surface area contributed by atoms with Crippen molar-refractivity contribution in [2.75, 3.05) is 25.4 Å². The number of hydrogen-bond acceptors (Lipinski definition) is 4. The molecule has 1 aromatic rings. The number of rotatable bonds is 2. The molecule has 0 saturated carbocycles. The smallest absolute Gasteiger partial charge is 0.243 e. The van der Waals surface area contributed by atoms with Gasteiger partial charge in [0, 0.05) is 31.7 Å². The van der Waals surface area contributed by atoms with E-state index < -0.39 is 10.0 Å². The lowest BCUT2D eigenvalue weighted by molar-refractivity contribution is -0.120. The number of nitrogens with two attached hydrogens (primary N) is 1. The van der Waals surface area contributed by atoms with Crippen LogP contribution in [0.5, 0.6) is 0 Å². The third-order valence-corrected chi connectivity index (χ3v) is 4.86. The number of hydrogen-bond donors (Lipinski definition) is 2. The number of benzene rings is 1. The van der Waals surface area contributed by atoms with E-state index in [1.54, 1.807) is 19.1 Å². The number of sulfonamides is 1. The van der Waals surface area contributed by atoms with Gasteiger partial charge in [-0.2, -0.15) is 4.31 Å². The summed E-state index contributed by atoms with van der Waals surface area (Å²) in [6.45, 7) is 2.60. The van der Waals surface area contributed by atoms with Crippen molar-refractivity contribution in [1.82, 2.24) is 9.62 Å². The van der Waals surface area contributed by atoms with Gasteiger partial charge in [0.2, 0.25) is 15.9 Å². The van der Waals surface area contributed by atoms with Gasteiger partial charge in [-0.3, -0.25) is 4.79 Å².